The van der Waals surface area contributed by atoms with Crippen LogP contribution in [-0.4, -0.2) is 55.0 Å². The number of para-hydroxylation sites is 1. The van der Waals surface area contributed by atoms with Crippen molar-refractivity contribution in [3.05, 3.63) is 29.8 Å². The second-order valence-electron chi connectivity index (χ2n) is 6.56. The first-order valence-electron chi connectivity index (χ1n) is 8.15. The zero-order valence-electron chi connectivity index (χ0n) is 12.4. The zero-order chi connectivity index (χ0) is 14.2. The molecule has 2 fully saturated rings. The van der Waals surface area contributed by atoms with E-state index in [0.29, 0.717) is 18.0 Å². The number of likely N-dealkylation sites (tertiary alicyclic amines) is 1. The van der Waals surface area contributed by atoms with Crippen LogP contribution < -0.4 is 5.32 Å². The molecule has 0 aliphatic carbocycles. The molecule has 0 bridgehead atoms. The van der Waals surface area contributed by atoms with Crippen LogP contribution in [-0.2, 0) is 4.74 Å². The van der Waals surface area contributed by atoms with Gasteiger partial charge in [0.05, 0.1) is 6.61 Å². The highest BCUT2D eigenvalue weighted by atomic mass is 16.5. The highest BCUT2D eigenvalue weighted by molar-refractivity contribution is 5.57. The summed E-state index contributed by atoms with van der Waals surface area (Å²) in [7, 11) is 0. The Hall–Kier alpha value is -1.10. The molecule has 3 aliphatic rings. The molecule has 1 aromatic carbocycles. The molecule has 3 aliphatic heterocycles. The summed E-state index contributed by atoms with van der Waals surface area (Å²) < 4.78 is 5.46. The Bertz CT molecular complexity index is 501. The summed E-state index contributed by atoms with van der Waals surface area (Å²) in [6.45, 7) is 4.18. The molecule has 1 aromatic rings. The van der Waals surface area contributed by atoms with Crippen molar-refractivity contribution in [2.45, 2.75) is 30.8 Å². The zero-order valence-corrected chi connectivity index (χ0v) is 12.4. The normalized spacial score (nSPS) is 32.7. The maximum absolute atomic E-state index is 9.86. The van der Waals surface area contributed by atoms with E-state index in [9.17, 15) is 5.11 Å². The van der Waals surface area contributed by atoms with Crippen LogP contribution in [0.5, 0.6) is 0 Å². The molecule has 0 radical (unpaired) electrons. The molecule has 21 heavy (non-hydrogen) atoms. The van der Waals surface area contributed by atoms with Crippen LogP contribution in [0.2, 0.25) is 0 Å². The van der Waals surface area contributed by atoms with E-state index < -0.39 is 0 Å². The van der Waals surface area contributed by atoms with Crippen molar-refractivity contribution in [2.24, 2.45) is 5.92 Å². The molecule has 0 saturated carbocycles. The molecule has 4 nitrogen and oxygen atoms in total. The largest absolute Gasteiger partial charge is 0.395 e. The van der Waals surface area contributed by atoms with E-state index in [1.807, 2.05) is 0 Å². The minimum atomic E-state index is 0.263. The van der Waals surface area contributed by atoms with Gasteiger partial charge in [-0.3, -0.25) is 4.90 Å². The third kappa shape index (κ3) is 2.26. The summed E-state index contributed by atoms with van der Waals surface area (Å²) in [5.74, 6) is 1.22. The van der Waals surface area contributed by atoms with Crippen LogP contribution in [0.3, 0.4) is 0 Å². The van der Waals surface area contributed by atoms with Crippen LogP contribution in [0.1, 0.15) is 24.3 Å². The predicted octanol–water partition coefficient (Wildman–Crippen LogP) is 1.67. The van der Waals surface area contributed by atoms with Crippen molar-refractivity contribution in [3.63, 3.8) is 0 Å². The summed E-state index contributed by atoms with van der Waals surface area (Å²) in [6.07, 6.45) is 2.33. The first-order chi connectivity index (χ1) is 10.4. The van der Waals surface area contributed by atoms with Crippen LogP contribution in [0.25, 0.3) is 0 Å². The van der Waals surface area contributed by atoms with Gasteiger partial charge in [0.2, 0.25) is 0 Å². The number of hydrogen-bond acceptors (Lipinski definition) is 4. The maximum atomic E-state index is 9.86. The van der Waals surface area contributed by atoms with E-state index >= 15 is 0 Å². The van der Waals surface area contributed by atoms with Crippen molar-refractivity contribution in [1.29, 1.82) is 0 Å². The lowest BCUT2D eigenvalue weighted by atomic mass is 9.72. The van der Waals surface area contributed by atoms with E-state index in [2.05, 4.69) is 34.5 Å². The van der Waals surface area contributed by atoms with Crippen molar-refractivity contribution in [2.75, 3.05) is 38.2 Å². The second-order valence-corrected chi connectivity index (χ2v) is 6.56. The number of benzene rings is 1. The van der Waals surface area contributed by atoms with Gasteiger partial charge in [0.25, 0.3) is 0 Å². The van der Waals surface area contributed by atoms with Crippen LogP contribution in [0, 0.1) is 5.92 Å². The molecule has 3 atom stereocenters. The van der Waals surface area contributed by atoms with Gasteiger partial charge in [-0.2, -0.15) is 0 Å². The first kappa shape index (κ1) is 13.6. The van der Waals surface area contributed by atoms with E-state index in [0.717, 1.165) is 45.1 Å². The summed E-state index contributed by atoms with van der Waals surface area (Å²) in [6, 6.07) is 9.40. The minimum absolute atomic E-state index is 0.263. The molecular formula is C17H24N2O2. The predicted molar refractivity (Wildman–Crippen MR) is 82.6 cm³/mol. The standard InChI is InChI=1S/C17H24N2O2/c20-11-16-17-13-3-1-2-4-14(13)18-9-15(17)19(16)10-12-5-7-21-8-6-12/h1-4,12,15-18,20H,5-11H2/t15-,16-,17-/m1/s1. The van der Waals surface area contributed by atoms with E-state index in [-0.39, 0.29) is 6.61 Å². The van der Waals surface area contributed by atoms with Crippen molar-refractivity contribution < 1.29 is 9.84 Å². The van der Waals surface area contributed by atoms with Gasteiger partial charge in [0.1, 0.15) is 0 Å². The topological polar surface area (TPSA) is 44.7 Å². The van der Waals surface area contributed by atoms with E-state index in [1.165, 1.54) is 11.3 Å². The SMILES string of the molecule is OC[C@@H]1[C@@H]2c3ccccc3NC[C@H]2N1CC1CCOCC1. The van der Waals surface area contributed by atoms with Gasteiger partial charge in [0, 0.05) is 50.0 Å². The van der Waals surface area contributed by atoms with E-state index in [4.69, 9.17) is 4.74 Å². The third-order valence-electron chi connectivity index (χ3n) is 5.50. The number of nitrogens with one attached hydrogen (secondary N) is 1. The highest BCUT2D eigenvalue weighted by Crippen LogP contribution is 2.46. The number of nitrogens with zero attached hydrogens (tertiary/aromatic N) is 1. The first-order valence-corrected chi connectivity index (χ1v) is 8.15. The Balaban J connectivity index is 1.51. The number of aliphatic hydroxyl groups excluding tert-OH is 1. The molecule has 0 spiro atoms. The Labute approximate surface area is 126 Å². The Morgan fingerprint density at radius 2 is 2.05 bits per heavy atom. The Kier molecular flexibility index (Phi) is 3.61. The average molecular weight is 288 g/mol. The molecule has 3 heterocycles. The maximum Gasteiger partial charge on any atom is 0.0593 e. The van der Waals surface area contributed by atoms with Gasteiger partial charge in [0.15, 0.2) is 0 Å². The molecule has 2 saturated heterocycles. The second kappa shape index (κ2) is 5.59. The van der Waals surface area contributed by atoms with Gasteiger partial charge >= 0.3 is 0 Å². The lowest BCUT2D eigenvalue weighted by Gasteiger charge is -2.58. The quantitative estimate of drug-likeness (QED) is 0.888. The highest BCUT2D eigenvalue weighted by Gasteiger charge is 2.51. The summed E-state index contributed by atoms with van der Waals surface area (Å²) in [5.41, 5.74) is 2.64. The fourth-order valence-electron chi connectivity index (χ4n) is 4.35. The molecular weight excluding hydrogens is 264 g/mol. The molecule has 0 aromatic heterocycles. The fourth-order valence-corrected chi connectivity index (χ4v) is 4.35. The number of anilines is 1. The summed E-state index contributed by atoms with van der Waals surface area (Å²) >= 11 is 0. The van der Waals surface area contributed by atoms with Gasteiger partial charge < -0.3 is 15.2 Å². The summed E-state index contributed by atoms with van der Waals surface area (Å²) in [4.78, 5) is 2.53. The summed E-state index contributed by atoms with van der Waals surface area (Å²) in [5, 5.41) is 13.4. The van der Waals surface area contributed by atoms with Gasteiger partial charge in [-0.25, -0.2) is 0 Å². The number of ether oxygens (including phenoxy) is 1. The van der Waals surface area contributed by atoms with E-state index in [1.54, 1.807) is 0 Å². The van der Waals surface area contributed by atoms with Gasteiger partial charge in [-0.1, -0.05) is 18.2 Å². The Morgan fingerprint density at radius 1 is 1.24 bits per heavy atom. The van der Waals surface area contributed by atoms with Crippen molar-refractivity contribution in [1.82, 2.24) is 4.90 Å². The third-order valence-corrected chi connectivity index (χ3v) is 5.50. The van der Waals surface area contributed by atoms with Crippen LogP contribution in [0.4, 0.5) is 5.69 Å². The number of aliphatic hydroxyl groups is 1. The molecule has 0 amide bonds. The van der Waals surface area contributed by atoms with Gasteiger partial charge in [-0.15, -0.1) is 0 Å². The minimum Gasteiger partial charge on any atom is -0.395 e. The lowest BCUT2D eigenvalue weighted by Crippen LogP contribution is -2.68. The monoisotopic (exact) mass is 288 g/mol. The fraction of sp³-hybridized carbons (Fsp3) is 0.647. The molecule has 0 unspecified atom stereocenters. The van der Waals surface area contributed by atoms with Crippen LogP contribution in [0.15, 0.2) is 24.3 Å². The number of rotatable bonds is 3. The van der Waals surface area contributed by atoms with Crippen molar-refractivity contribution in [3.8, 4) is 0 Å². The lowest BCUT2D eigenvalue weighted by molar-refractivity contribution is -0.0602. The Morgan fingerprint density at radius 3 is 2.86 bits per heavy atom. The average Bonchev–Trinajstić information content (AvgIpc) is 2.54. The van der Waals surface area contributed by atoms with Crippen molar-refractivity contribution >= 4 is 5.69 Å². The van der Waals surface area contributed by atoms with Crippen LogP contribution >= 0.6 is 0 Å². The number of hydrogen-bond donors (Lipinski definition) is 2. The number of fused-ring (bicyclic) bond motifs is 3. The molecule has 4 heteroatoms. The molecule has 2 N–H and O–H groups in total. The van der Waals surface area contributed by atoms with Gasteiger partial charge in [-0.05, 0) is 30.4 Å². The smallest absolute Gasteiger partial charge is 0.0593 e. The molecule has 4 rings (SSSR count). The molecule has 114 valence electrons.